The summed E-state index contributed by atoms with van der Waals surface area (Å²) in [4.78, 5) is 0. The largest absolute Gasteiger partial charge is 0.390 e. The van der Waals surface area contributed by atoms with E-state index in [0.29, 0.717) is 11.8 Å². The van der Waals surface area contributed by atoms with Crippen LogP contribution >= 0.6 is 0 Å². The molecule has 11 heavy (non-hydrogen) atoms. The van der Waals surface area contributed by atoms with E-state index >= 15 is 0 Å². The van der Waals surface area contributed by atoms with E-state index in [0.717, 1.165) is 0 Å². The lowest BCUT2D eigenvalue weighted by molar-refractivity contribution is 0.0103. The first-order valence-corrected chi connectivity index (χ1v) is 4.24. The highest BCUT2D eigenvalue weighted by atomic mass is 16.3. The summed E-state index contributed by atoms with van der Waals surface area (Å²) in [5.74, 6) is 0.749. The Morgan fingerprint density at radius 2 is 1.73 bits per heavy atom. The predicted molar refractivity (Wildman–Crippen MR) is 49.4 cm³/mol. The summed E-state index contributed by atoms with van der Waals surface area (Å²) >= 11 is 0. The van der Waals surface area contributed by atoms with Crippen LogP contribution in [-0.4, -0.2) is 10.7 Å². The second-order valence-electron chi connectivity index (χ2n) is 3.83. The maximum atomic E-state index is 9.65. The van der Waals surface area contributed by atoms with Crippen molar-refractivity contribution in [2.75, 3.05) is 0 Å². The van der Waals surface area contributed by atoms with Gasteiger partial charge in [0.25, 0.3) is 0 Å². The van der Waals surface area contributed by atoms with Gasteiger partial charge in [-0.3, -0.25) is 0 Å². The highest BCUT2D eigenvalue weighted by Gasteiger charge is 2.25. The topological polar surface area (TPSA) is 20.2 Å². The Balaban J connectivity index is 4.13. The van der Waals surface area contributed by atoms with Gasteiger partial charge in [0, 0.05) is 0 Å². The molecule has 0 aliphatic carbocycles. The zero-order valence-electron chi connectivity index (χ0n) is 8.26. The van der Waals surface area contributed by atoms with E-state index in [4.69, 9.17) is 0 Å². The first-order valence-electron chi connectivity index (χ1n) is 4.24. The van der Waals surface area contributed by atoms with E-state index in [9.17, 15) is 5.11 Å². The lowest BCUT2D eigenvalue weighted by atomic mass is 9.82. The standard InChI is InChI=1S/C10H20O/c1-6-7-8(2)9(3)10(4,5)11/h6-9,11H,1-5H3/b7-6-. The molecule has 66 valence electrons. The van der Waals surface area contributed by atoms with E-state index < -0.39 is 5.60 Å². The van der Waals surface area contributed by atoms with Crippen molar-refractivity contribution in [2.45, 2.75) is 40.2 Å². The molecule has 0 amide bonds. The molecule has 0 fully saturated rings. The average molecular weight is 156 g/mol. The molecule has 0 aliphatic heterocycles. The zero-order valence-corrected chi connectivity index (χ0v) is 8.26. The van der Waals surface area contributed by atoms with Crippen LogP contribution in [0, 0.1) is 11.8 Å². The smallest absolute Gasteiger partial charge is 0.0622 e. The molecule has 0 heterocycles. The molecule has 0 aromatic heterocycles. The molecular formula is C10H20O. The summed E-state index contributed by atoms with van der Waals surface area (Å²) in [6, 6.07) is 0. The first kappa shape index (κ1) is 10.7. The van der Waals surface area contributed by atoms with Gasteiger partial charge in [0.2, 0.25) is 0 Å². The van der Waals surface area contributed by atoms with E-state index in [1.165, 1.54) is 0 Å². The Morgan fingerprint density at radius 1 is 1.27 bits per heavy atom. The Hall–Kier alpha value is -0.300. The minimum Gasteiger partial charge on any atom is -0.390 e. The quantitative estimate of drug-likeness (QED) is 0.623. The van der Waals surface area contributed by atoms with Gasteiger partial charge < -0.3 is 5.11 Å². The zero-order chi connectivity index (χ0) is 9.07. The molecule has 1 heteroatoms. The summed E-state index contributed by atoms with van der Waals surface area (Å²) in [5, 5.41) is 9.65. The molecule has 0 spiro atoms. The maximum absolute atomic E-state index is 9.65. The van der Waals surface area contributed by atoms with E-state index in [2.05, 4.69) is 19.9 Å². The second-order valence-corrected chi connectivity index (χ2v) is 3.83. The first-order chi connectivity index (χ1) is 4.89. The molecule has 0 radical (unpaired) electrons. The lowest BCUT2D eigenvalue weighted by Gasteiger charge is -2.29. The molecule has 1 nitrogen and oxygen atoms in total. The molecule has 0 aliphatic rings. The summed E-state index contributed by atoms with van der Waals surface area (Å²) in [7, 11) is 0. The van der Waals surface area contributed by atoms with Crippen molar-refractivity contribution in [3.63, 3.8) is 0 Å². The fourth-order valence-corrected chi connectivity index (χ4v) is 1.11. The van der Waals surface area contributed by atoms with Crippen LogP contribution in [0.15, 0.2) is 12.2 Å². The van der Waals surface area contributed by atoms with E-state index in [1.54, 1.807) is 0 Å². The minimum absolute atomic E-state index is 0.304. The molecule has 0 aromatic carbocycles. The van der Waals surface area contributed by atoms with Crippen molar-refractivity contribution in [3.8, 4) is 0 Å². The molecule has 1 N–H and O–H groups in total. The predicted octanol–water partition coefficient (Wildman–Crippen LogP) is 2.61. The second kappa shape index (κ2) is 3.91. The van der Waals surface area contributed by atoms with Crippen molar-refractivity contribution in [1.82, 2.24) is 0 Å². The van der Waals surface area contributed by atoms with Crippen molar-refractivity contribution in [3.05, 3.63) is 12.2 Å². The molecule has 2 atom stereocenters. The normalized spacial score (nSPS) is 18.7. The van der Waals surface area contributed by atoms with E-state index in [-0.39, 0.29) is 0 Å². The lowest BCUT2D eigenvalue weighted by Crippen LogP contribution is -2.32. The Morgan fingerprint density at radius 3 is 2.00 bits per heavy atom. The number of rotatable bonds is 3. The molecular weight excluding hydrogens is 136 g/mol. The van der Waals surface area contributed by atoms with Gasteiger partial charge >= 0.3 is 0 Å². The summed E-state index contributed by atoms with van der Waals surface area (Å²) < 4.78 is 0. The summed E-state index contributed by atoms with van der Waals surface area (Å²) in [6.45, 7) is 9.93. The fraction of sp³-hybridized carbons (Fsp3) is 0.800. The number of hydrogen-bond acceptors (Lipinski definition) is 1. The number of allylic oxidation sites excluding steroid dienone is 2. The maximum Gasteiger partial charge on any atom is 0.0622 e. The Kier molecular flexibility index (Phi) is 3.81. The van der Waals surface area contributed by atoms with Crippen LogP contribution in [-0.2, 0) is 0 Å². The van der Waals surface area contributed by atoms with Gasteiger partial charge in [-0.1, -0.05) is 26.0 Å². The highest BCUT2D eigenvalue weighted by Crippen LogP contribution is 2.24. The van der Waals surface area contributed by atoms with Gasteiger partial charge in [0.1, 0.15) is 0 Å². The van der Waals surface area contributed by atoms with Gasteiger partial charge in [0.05, 0.1) is 5.60 Å². The van der Waals surface area contributed by atoms with Crippen LogP contribution < -0.4 is 0 Å². The SMILES string of the molecule is C/C=C\C(C)C(C)C(C)(C)O. The van der Waals surface area contributed by atoms with Gasteiger partial charge in [-0.25, -0.2) is 0 Å². The monoisotopic (exact) mass is 156 g/mol. The third kappa shape index (κ3) is 3.57. The third-order valence-electron chi connectivity index (χ3n) is 2.40. The van der Waals surface area contributed by atoms with Gasteiger partial charge in [-0.2, -0.15) is 0 Å². The number of hydrogen-bond donors (Lipinski definition) is 1. The van der Waals surface area contributed by atoms with Gasteiger partial charge in [-0.05, 0) is 32.6 Å². The molecule has 2 unspecified atom stereocenters. The molecule has 0 saturated heterocycles. The molecule has 0 aromatic rings. The molecule has 0 bridgehead atoms. The molecule has 0 rings (SSSR count). The minimum atomic E-state index is -0.571. The van der Waals surface area contributed by atoms with Crippen LogP contribution in [0.5, 0.6) is 0 Å². The van der Waals surface area contributed by atoms with Crippen molar-refractivity contribution >= 4 is 0 Å². The van der Waals surface area contributed by atoms with E-state index in [1.807, 2.05) is 26.8 Å². The van der Waals surface area contributed by atoms with Crippen molar-refractivity contribution in [2.24, 2.45) is 11.8 Å². The Bertz CT molecular complexity index is 130. The van der Waals surface area contributed by atoms with Crippen molar-refractivity contribution in [1.29, 1.82) is 0 Å². The molecule has 0 saturated carbocycles. The Labute approximate surface area is 70.1 Å². The van der Waals surface area contributed by atoms with Crippen LogP contribution in [0.25, 0.3) is 0 Å². The van der Waals surface area contributed by atoms with Gasteiger partial charge in [0.15, 0.2) is 0 Å². The van der Waals surface area contributed by atoms with Gasteiger partial charge in [-0.15, -0.1) is 0 Å². The fourth-order valence-electron chi connectivity index (χ4n) is 1.11. The third-order valence-corrected chi connectivity index (χ3v) is 2.40. The van der Waals surface area contributed by atoms with Crippen LogP contribution in [0.3, 0.4) is 0 Å². The van der Waals surface area contributed by atoms with Crippen LogP contribution in [0.1, 0.15) is 34.6 Å². The highest BCUT2D eigenvalue weighted by molar-refractivity contribution is 4.90. The summed E-state index contributed by atoms with van der Waals surface area (Å²) in [5.41, 5.74) is -0.571. The van der Waals surface area contributed by atoms with Crippen LogP contribution in [0.2, 0.25) is 0 Å². The number of aliphatic hydroxyl groups is 1. The average Bonchev–Trinajstić information content (AvgIpc) is 1.85. The summed E-state index contributed by atoms with van der Waals surface area (Å²) in [6.07, 6.45) is 4.16. The van der Waals surface area contributed by atoms with Crippen molar-refractivity contribution < 1.29 is 5.11 Å². The van der Waals surface area contributed by atoms with Crippen LogP contribution in [0.4, 0.5) is 0 Å².